The molecule has 7 nitrogen and oxygen atoms in total. The summed E-state index contributed by atoms with van der Waals surface area (Å²) < 4.78 is 1.89. The van der Waals surface area contributed by atoms with E-state index in [4.69, 9.17) is 0 Å². The molecule has 0 radical (unpaired) electrons. The summed E-state index contributed by atoms with van der Waals surface area (Å²) in [7, 11) is 0. The molecule has 7 heteroatoms. The van der Waals surface area contributed by atoms with Gasteiger partial charge in [0.1, 0.15) is 6.33 Å². The number of benzene rings is 1. The summed E-state index contributed by atoms with van der Waals surface area (Å²) in [5.41, 5.74) is 4.61. The van der Waals surface area contributed by atoms with Gasteiger partial charge in [-0.2, -0.15) is 0 Å². The van der Waals surface area contributed by atoms with Crippen molar-refractivity contribution in [3.8, 4) is 0 Å². The van der Waals surface area contributed by atoms with Gasteiger partial charge >= 0.3 is 6.03 Å². The largest absolute Gasteiger partial charge is 0.358 e. The summed E-state index contributed by atoms with van der Waals surface area (Å²) in [5.74, 6) is 0.743. The highest BCUT2D eigenvalue weighted by Gasteiger charge is 2.07. The van der Waals surface area contributed by atoms with Crippen molar-refractivity contribution in [2.24, 2.45) is 0 Å². The second-order valence-electron chi connectivity index (χ2n) is 5.82. The number of carbonyl (C=O) groups excluding carboxylic acids is 1. The number of aryl methyl sites for hydroxylation is 3. The molecule has 0 fully saturated rings. The Bertz CT molecular complexity index is 863. The van der Waals surface area contributed by atoms with Gasteiger partial charge in [-0.25, -0.2) is 4.79 Å². The number of H-pyrrole nitrogens is 1. The fourth-order valence-electron chi connectivity index (χ4n) is 2.70. The smallest absolute Gasteiger partial charge is 0.315 e. The molecule has 0 aliphatic carbocycles. The molecule has 3 aromatic rings. The maximum atomic E-state index is 12.0. The predicted octanol–water partition coefficient (Wildman–Crippen LogP) is 2.40. The molecule has 2 heterocycles. The first-order valence-corrected chi connectivity index (χ1v) is 8.04. The summed E-state index contributed by atoms with van der Waals surface area (Å²) in [6, 6.07) is 5.96. The molecule has 0 saturated carbocycles. The van der Waals surface area contributed by atoms with Crippen molar-refractivity contribution in [3.05, 3.63) is 47.2 Å². The lowest BCUT2D eigenvalue weighted by Crippen LogP contribution is -2.35. The Morgan fingerprint density at radius 1 is 1.25 bits per heavy atom. The lowest BCUT2D eigenvalue weighted by Gasteiger charge is -2.08. The fourth-order valence-corrected chi connectivity index (χ4v) is 2.70. The zero-order chi connectivity index (χ0) is 17.1. The summed E-state index contributed by atoms with van der Waals surface area (Å²) in [6.45, 7) is 7.79. The lowest BCUT2D eigenvalue weighted by atomic mass is 10.1. The Morgan fingerprint density at radius 3 is 2.83 bits per heavy atom. The number of urea groups is 1. The van der Waals surface area contributed by atoms with Gasteiger partial charge in [0, 0.05) is 29.7 Å². The number of aromatic amines is 1. The molecule has 0 aliphatic rings. The van der Waals surface area contributed by atoms with Gasteiger partial charge in [-0.1, -0.05) is 6.07 Å². The minimum Gasteiger partial charge on any atom is -0.358 e. The highest BCUT2D eigenvalue weighted by molar-refractivity contribution is 5.85. The Labute approximate surface area is 140 Å². The van der Waals surface area contributed by atoms with E-state index in [0.29, 0.717) is 13.1 Å². The van der Waals surface area contributed by atoms with Gasteiger partial charge in [-0.05, 0) is 44.0 Å². The van der Waals surface area contributed by atoms with E-state index in [1.54, 1.807) is 6.33 Å². The number of hydrogen-bond acceptors (Lipinski definition) is 3. The molecule has 0 spiro atoms. The zero-order valence-corrected chi connectivity index (χ0v) is 14.2. The molecular formula is C17H22N6O. The van der Waals surface area contributed by atoms with E-state index in [1.807, 2.05) is 23.6 Å². The maximum Gasteiger partial charge on any atom is 0.315 e. The zero-order valence-electron chi connectivity index (χ0n) is 14.2. The maximum absolute atomic E-state index is 12.0. The Kier molecular flexibility index (Phi) is 4.50. The van der Waals surface area contributed by atoms with Crippen LogP contribution in [0, 0.1) is 13.8 Å². The number of nitrogens with zero attached hydrogens (tertiary/aromatic N) is 3. The van der Waals surface area contributed by atoms with Crippen LogP contribution in [0.15, 0.2) is 24.5 Å². The van der Waals surface area contributed by atoms with Crippen LogP contribution in [0.5, 0.6) is 0 Å². The Hall–Kier alpha value is -2.83. The van der Waals surface area contributed by atoms with Gasteiger partial charge in [-0.15, -0.1) is 10.2 Å². The van der Waals surface area contributed by atoms with Crippen molar-refractivity contribution in [2.45, 2.75) is 40.4 Å². The highest BCUT2D eigenvalue weighted by Crippen LogP contribution is 2.22. The van der Waals surface area contributed by atoms with Gasteiger partial charge in [0.05, 0.1) is 6.54 Å². The number of amides is 2. The highest BCUT2D eigenvalue weighted by atomic mass is 16.2. The lowest BCUT2D eigenvalue weighted by molar-refractivity contribution is 0.239. The molecular weight excluding hydrogens is 304 g/mol. The van der Waals surface area contributed by atoms with E-state index in [1.165, 1.54) is 16.6 Å². The first kappa shape index (κ1) is 16.0. The van der Waals surface area contributed by atoms with Crippen LogP contribution in [0.4, 0.5) is 4.79 Å². The Balaban J connectivity index is 1.57. The molecule has 3 rings (SSSR count). The summed E-state index contributed by atoms with van der Waals surface area (Å²) in [5, 5.41) is 14.7. The van der Waals surface area contributed by atoms with E-state index in [9.17, 15) is 4.79 Å². The first-order chi connectivity index (χ1) is 11.6. The van der Waals surface area contributed by atoms with Gasteiger partial charge in [0.2, 0.25) is 0 Å². The van der Waals surface area contributed by atoms with Crippen LogP contribution >= 0.6 is 0 Å². The van der Waals surface area contributed by atoms with Gasteiger partial charge in [0.15, 0.2) is 5.82 Å². The van der Waals surface area contributed by atoms with Crippen LogP contribution in [0.3, 0.4) is 0 Å². The number of aromatic nitrogens is 4. The predicted molar refractivity (Wildman–Crippen MR) is 92.5 cm³/mol. The number of rotatable bonds is 5. The van der Waals surface area contributed by atoms with Crippen LogP contribution in [0.1, 0.15) is 29.6 Å². The average Bonchev–Trinajstić information content (AvgIpc) is 3.16. The standard InChI is InChI=1S/C17H22N6O/c1-4-23-10-20-22-16(23)9-19-17(24)18-8-13-5-6-15-14(7-13)11(2)12(3)21-15/h5-7,10,21H,4,8-9H2,1-3H3,(H2,18,19,24). The number of carbonyl (C=O) groups is 1. The SMILES string of the molecule is CCn1cnnc1CNC(=O)NCc1ccc2[nH]c(C)c(C)c2c1. The third-order valence-electron chi connectivity index (χ3n) is 4.27. The molecule has 2 aromatic heterocycles. The van der Waals surface area contributed by atoms with Crippen molar-refractivity contribution in [3.63, 3.8) is 0 Å². The number of hydrogen-bond donors (Lipinski definition) is 3. The topological polar surface area (TPSA) is 87.6 Å². The molecule has 0 bridgehead atoms. The molecule has 3 N–H and O–H groups in total. The molecule has 0 unspecified atom stereocenters. The molecule has 0 aliphatic heterocycles. The van der Waals surface area contributed by atoms with Crippen molar-refractivity contribution >= 4 is 16.9 Å². The van der Waals surface area contributed by atoms with Gasteiger partial charge in [0.25, 0.3) is 0 Å². The quantitative estimate of drug-likeness (QED) is 0.673. The van der Waals surface area contributed by atoms with E-state index < -0.39 is 0 Å². The van der Waals surface area contributed by atoms with Crippen molar-refractivity contribution < 1.29 is 4.79 Å². The van der Waals surface area contributed by atoms with Gasteiger partial charge < -0.3 is 20.2 Å². The van der Waals surface area contributed by atoms with Crippen LogP contribution in [0.25, 0.3) is 10.9 Å². The Morgan fingerprint density at radius 2 is 2.04 bits per heavy atom. The average molecular weight is 326 g/mol. The third kappa shape index (κ3) is 3.24. The van der Waals surface area contributed by atoms with Crippen molar-refractivity contribution in [2.75, 3.05) is 0 Å². The molecule has 126 valence electrons. The minimum atomic E-state index is -0.220. The fraction of sp³-hybridized carbons (Fsp3) is 0.353. The van der Waals surface area contributed by atoms with Crippen LogP contribution < -0.4 is 10.6 Å². The van der Waals surface area contributed by atoms with E-state index >= 15 is 0 Å². The minimum absolute atomic E-state index is 0.220. The van der Waals surface area contributed by atoms with Crippen molar-refractivity contribution in [1.82, 2.24) is 30.4 Å². The van der Waals surface area contributed by atoms with Crippen LogP contribution in [-0.2, 0) is 19.6 Å². The summed E-state index contributed by atoms with van der Waals surface area (Å²) in [6.07, 6.45) is 1.66. The monoisotopic (exact) mass is 326 g/mol. The summed E-state index contributed by atoms with van der Waals surface area (Å²) in [4.78, 5) is 15.3. The molecule has 0 atom stereocenters. The van der Waals surface area contributed by atoms with Gasteiger partial charge in [-0.3, -0.25) is 0 Å². The normalized spacial score (nSPS) is 11.0. The number of fused-ring (bicyclic) bond motifs is 1. The molecule has 0 saturated heterocycles. The second kappa shape index (κ2) is 6.74. The van der Waals surface area contributed by atoms with E-state index in [2.05, 4.69) is 45.7 Å². The van der Waals surface area contributed by atoms with E-state index in [0.717, 1.165) is 23.4 Å². The van der Waals surface area contributed by atoms with E-state index in [-0.39, 0.29) is 6.03 Å². The molecule has 2 amide bonds. The molecule has 1 aromatic carbocycles. The summed E-state index contributed by atoms with van der Waals surface area (Å²) >= 11 is 0. The van der Waals surface area contributed by atoms with Crippen molar-refractivity contribution in [1.29, 1.82) is 0 Å². The second-order valence-corrected chi connectivity index (χ2v) is 5.82. The van der Waals surface area contributed by atoms with Crippen LogP contribution in [0.2, 0.25) is 0 Å². The third-order valence-corrected chi connectivity index (χ3v) is 4.27. The molecule has 24 heavy (non-hydrogen) atoms. The number of nitrogens with one attached hydrogen (secondary N) is 3. The van der Waals surface area contributed by atoms with Crippen LogP contribution in [-0.4, -0.2) is 25.8 Å². The first-order valence-electron chi connectivity index (χ1n) is 8.04.